The van der Waals surface area contributed by atoms with Gasteiger partial charge in [-0.3, -0.25) is 4.90 Å². The molecule has 0 aliphatic heterocycles. The van der Waals surface area contributed by atoms with Crippen molar-refractivity contribution in [1.29, 1.82) is 0 Å². The van der Waals surface area contributed by atoms with Crippen molar-refractivity contribution in [3.8, 4) is 17.3 Å². The van der Waals surface area contributed by atoms with Crippen LogP contribution in [0.1, 0.15) is 39.0 Å². The Labute approximate surface area is 201 Å². The molecule has 0 unspecified atom stereocenters. The summed E-state index contributed by atoms with van der Waals surface area (Å²) in [6, 6.07) is 15.9. The van der Waals surface area contributed by atoms with Crippen LogP contribution in [0.2, 0.25) is 0 Å². The number of ether oxygens (including phenoxy) is 2. The Morgan fingerprint density at radius 3 is 2.29 bits per heavy atom. The van der Waals surface area contributed by atoms with E-state index in [4.69, 9.17) is 14.6 Å². The average molecular weight is 470 g/mol. The summed E-state index contributed by atoms with van der Waals surface area (Å²) in [6.07, 6.45) is -0.605. The van der Waals surface area contributed by atoms with Gasteiger partial charge in [0.15, 0.2) is 0 Å². The summed E-state index contributed by atoms with van der Waals surface area (Å²) in [4.78, 5) is 2.18. The van der Waals surface area contributed by atoms with Crippen molar-refractivity contribution in [3.05, 3.63) is 71.7 Å². The molecule has 0 saturated heterocycles. The monoisotopic (exact) mass is 469 g/mol. The summed E-state index contributed by atoms with van der Waals surface area (Å²) in [5.41, 5.74) is 2.61. The molecule has 0 fully saturated rings. The van der Waals surface area contributed by atoms with Crippen molar-refractivity contribution < 1.29 is 19.0 Å². The van der Waals surface area contributed by atoms with Crippen molar-refractivity contribution in [2.24, 2.45) is 5.92 Å². The maximum absolute atomic E-state index is 13.5. The molecule has 0 spiro atoms. The Morgan fingerprint density at radius 2 is 1.68 bits per heavy atom. The summed E-state index contributed by atoms with van der Waals surface area (Å²) < 4.78 is 27.1. The van der Waals surface area contributed by atoms with Gasteiger partial charge in [-0.2, -0.15) is 5.10 Å². The molecule has 34 heavy (non-hydrogen) atoms. The molecule has 0 aliphatic carbocycles. The zero-order chi connectivity index (χ0) is 24.7. The fraction of sp³-hybridized carbons (Fsp3) is 0.444. The topological polar surface area (TPSA) is 59.8 Å². The molecule has 0 radical (unpaired) electrons. The predicted octanol–water partition coefficient (Wildman–Crippen LogP) is 5.36. The highest BCUT2D eigenvalue weighted by Gasteiger charge is 2.24. The zero-order valence-corrected chi connectivity index (χ0v) is 20.7. The fourth-order valence-corrected chi connectivity index (χ4v) is 3.61. The van der Waals surface area contributed by atoms with Crippen molar-refractivity contribution in [2.45, 2.75) is 53.3 Å². The second kappa shape index (κ2) is 12.1. The average Bonchev–Trinajstić information content (AvgIpc) is 3.10. The van der Waals surface area contributed by atoms with Crippen LogP contribution in [-0.4, -0.2) is 51.7 Å². The quantitative estimate of drug-likeness (QED) is 0.387. The summed E-state index contributed by atoms with van der Waals surface area (Å²) in [5.74, 6) is 1.20. The largest absolute Gasteiger partial charge is 0.439 e. The first-order valence-corrected chi connectivity index (χ1v) is 11.8. The smallest absolute Gasteiger partial charge is 0.227 e. The maximum Gasteiger partial charge on any atom is 0.227 e. The van der Waals surface area contributed by atoms with Crippen molar-refractivity contribution >= 4 is 0 Å². The maximum atomic E-state index is 13.5. The van der Waals surface area contributed by atoms with Gasteiger partial charge in [-0.1, -0.05) is 32.0 Å². The molecule has 3 aromatic rings. The Bertz CT molecular complexity index is 1020. The molecule has 6 nitrogen and oxygen atoms in total. The zero-order valence-electron chi connectivity index (χ0n) is 20.7. The van der Waals surface area contributed by atoms with Gasteiger partial charge < -0.3 is 14.6 Å². The second-order valence-corrected chi connectivity index (χ2v) is 9.28. The highest BCUT2D eigenvalue weighted by Crippen LogP contribution is 2.32. The minimum atomic E-state index is -0.605. The number of hydrogen-bond donors (Lipinski definition) is 1. The summed E-state index contributed by atoms with van der Waals surface area (Å²) >= 11 is 0. The van der Waals surface area contributed by atoms with Gasteiger partial charge in [0, 0.05) is 25.7 Å². The summed E-state index contributed by atoms with van der Waals surface area (Å²) in [5, 5.41) is 15.3. The van der Waals surface area contributed by atoms with Crippen LogP contribution < -0.4 is 4.74 Å². The number of halogens is 1. The number of aliphatic hydroxyl groups excluding tert-OH is 1. The number of aliphatic hydroxyl groups is 1. The van der Waals surface area contributed by atoms with Crippen molar-refractivity contribution in [2.75, 3.05) is 19.8 Å². The SMILES string of the molecule is Cc1nn(-c2ccccc2)c(Oc2ccc(F)cc2)c1CN(C[C@H](O)COCC(C)C)C(C)C. The van der Waals surface area contributed by atoms with E-state index in [1.807, 2.05) is 37.3 Å². The van der Waals surface area contributed by atoms with Crippen molar-refractivity contribution in [3.63, 3.8) is 0 Å². The van der Waals surface area contributed by atoms with E-state index in [-0.39, 0.29) is 11.9 Å². The number of rotatable bonds is 12. The van der Waals surface area contributed by atoms with Gasteiger partial charge in [-0.25, -0.2) is 9.07 Å². The van der Waals surface area contributed by atoms with E-state index in [1.54, 1.807) is 16.8 Å². The lowest BCUT2D eigenvalue weighted by Gasteiger charge is -2.29. The molecule has 1 atom stereocenters. The van der Waals surface area contributed by atoms with Gasteiger partial charge in [0.05, 0.1) is 29.7 Å². The van der Waals surface area contributed by atoms with E-state index in [0.717, 1.165) is 16.9 Å². The molecule has 0 saturated carbocycles. The van der Waals surface area contributed by atoms with Crippen LogP contribution in [0, 0.1) is 18.7 Å². The number of hydrogen-bond acceptors (Lipinski definition) is 5. The van der Waals surface area contributed by atoms with Gasteiger partial charge in [0.25, 0.3) is 0 Å². The molecular formula is C27H36FN3O3. The summed E-state index contributed by atoms with van der Waals surface area (Å²) in [6.45, 7) is 12.2. The molecule has 2 aromatic carbocycles. The highest BCUT2D eigenvalue weighted by atomic mass is 19.1. The minimum absolute atomic E-state index is 0.179. The van der Waals surface area contributed by atoms with Gasteiger partial charge in [-0.05, 0) is 63.1 Å². The van der Waals surface area contributed by atoms with Crippen LogP contribution in [0.3, 0.4) is 0 Å². The van der Waals surface area contributed by atoms with Gasteiger partial charge in [0.1, 0.15) is 11.6 Å². The van der Waals surface area contributed by atoms with Crippen LogP contribution in [0.5, 0.6) is 11.6 Å². The number of aryl methyl sites for hydroxylation is 1. The van der Waals surface area contributed by atoms with Crippen LogP contribution in [0.4, 0.5) is 4.39 Å². The third kappa shape index (κ3) is 7.13. The molecule has 1 heterocycles. The lowest BCUT2D eigenvalue weighted by Crippen LogP contribution is -2.39. The standard InChI is InChI=1S/C27H36FN3O3/c1-19(2)17-33-18-24(32)15-30(20(3)4)16-26-21(5)29-31(23-9-7-6-8-10-23)27(26)34-25-13-11-22(28)12-14-25/h6-14,19-20,24,32H,15-18H2,1-5H3/t24-/m0/s1. The second-order valence-electron chi connectivity index (χ2n) is 9.28. The van der Waals surface area contributed by atoms with Crippen LogP contribution >= 0.6 is 0 Å². The number of aromatic nitrogens is 2. The normalized spacial score (nSPS) is 12.6. The van der Waals surface area contributed by atoms with Crippen molar-refractivity contribution in [1.82, 2.24) is 14.7 Å². The molecule has 0 aliphatic rings. The van der Waals surface area contributed by atoms with E-state index in [2.05, 4.69) is 32.6 Å². The van der Waals surface area contributed by atoms with Gasteiger partial charge >= 0.3 is 0 Å². The third-order valence-electron chi connectivity index (χ3n) is 5.46. The molecule has 1 aromatic heterocycles. The Balaban J connectivity index is 1.89. The van der Waals surface area contributed by atoms with E-state index in [0.29, 0.717) is 43.9 Å². The number of benzene rings is 2. The lowest BCUT2D eigenvalue weighted by atomic mass is 10.2. The van der Waals surface area contributed by atoms with Gasteiger partial charge in [0.2, 0.25) is 5.88 Å². The fourth-order valence-electron chi connectivity index (χ4n) is 3.61. The van der Waals surface area contributed by atoms with E-state index < -0.39 is 6.10 Å². The summed E-state index contributed by atoms with van der Waals surface area (Å²) in [7, 11) is 0. The molecular weight excluding hydrogens is 433 g/mol. The first kappa shape index (κ1) is 25.9. The first-order chi connectivity index (χ1) is 16.2. The van der Waals surface area contributed by atoms with Crippen LogP contribution in [0.15, 0.2) is 54.6 Å². The highest BCUT2D eigenvalue weighted by molar-refractivity contribution is 5.43. The molecule has 7 heteroatoms. The molecule has 184 valence electrons. The van der Waals surface area contributed by atoms with Gasteiger partial charge in [-0.15, -0.1) is 0 Å². The first-order valence-electron chi connectivity index (χ1n) is 11.8. The Hall–Kier alpha value is -2.74. The van der Waals surface area contributed by atoms with Crippen LogP contribution in [0.25, 0.3) is 5.69 Å². The molecule has 0 amide bonds. The molecule has 3 rings (SSSR count). The molecule has 1 N–H and O–H groups in total. The Morgan fingerprint density at radius 1 is 1.00 bits per heavy atom. The minimum Gasteiger partial charge on any atom is -0.439 e. The van der Waals surface area contributed by atoms with E-state index in [1.165, 1.54) is 12.1 Å². The number of nitrogens with zero attached hydrogens (tertiary/aromatic N) is 3. The van der Waals surface area contributed by atoms with E-state index >= 15 is 0 Å². The predicted molar refractivity (Wildman–Crippen MR) is 132 cm³/mol. The lowest BCUT2D eigenvalue weighted by molar-refractivity contribution is 0.00161. The van der Waals surface area contributed by atoms with Crippen LogP contribution in [-0.2, 0) is 11.3 Å². The number of para-hydroxylation sites is 1. The third-order valence-corrected chi connectivity index (χ3v) is 5.46. The molecule has 0 bridgehead atoms. The van der Waals surface area contributed by atoms with E-state index in [9.17, 15) is 9.50 Å². The Kier molecular flexibility index (Phi) is 9.21.